The summed E-state index contributed by atoms with van der Waals surface area (Å²) in [6.45, 7) is 1.49. The highest BCUT2D eigenvalue weighted by Gasteiger charge is 2.31. The molecule has 1 amide bonds. The molecule has 5 N–H and O–H groups in total. The van der Waals surface area contributed by atoms with Gasteiger partial charge in [0.05, 0.1) is 17.0 Å². The maximum Gasteiger partial charge on any atom is 0.416 e. The van der Waals surface area contributed by atoms with E-state index in [0.29, 0.717) is 24.2 Å². The topological polar surface area (TPSA) is 120 Å². The summed E-state index contributed by atoms with van der Waals surface area (Å²) in [7, 11) is -1.99. The van der Waals surface area contributed by atoms with Gasteiger partial charge in [0.25, 0.3) is 5.91 Å². The maximum atomic E-state index is 12.9. The largest absolute Gasteiger partial charge is 0.506 e. The van der Waals surface area contributed by atoms with E-state index < -0.39 is 27.7 Å². The van der Waals surface area contributed by atoms with Crippen molar-refractivity contribution in [2.45, 2.75) is 6.18 Å². The fraction of sp³-hybridized carbons (Fsp3) is 0.240. The van der Waals surface area contributed by atoms with Crippen LogP contribution in [0.5, 0.6) is 5.75 Å². The highest BCUT2D eigenvalue weighted by Crippen LogP contribution is 2.35. The number of aromatic hydroxyl groups is 1. The Bertz CT molecular complexity index is 1380. The van der Waals surface area contributed by atoms with Gasteiger partial charge >= 0.3 is 6.18 Å². The molecule has 38 heavy (non-hydrogen) atoms. The number of hydrogen-bond acceptors (Lipinski definition) is 6. The summed E-state index contributed by atoms with van der Waals surface area (Å²) in [6.07, 6.45) is -4.51. The van der Waals surface area contributed by atoms with Crippen LogP contribution in [-0.4, -0.2) is 51.9 Å². The molecular formula is C25H26ClF3N4O4S. The third-order valence-corrected chi connectivity index (χ3v) is 6.96. The number of sulfonamides is 1. The minimum atomic E-state index is -4.51. The second-order valence-electron chi connectivity index (χ2n) is 8.23. The zero-order chi connectivity index (χ0) is 27.9. The van der Waals surface area contributed by atoms with Crippen molar-refractivity contribution in [3.8, 4) is 16.9 Å². The molecule has 0 unspecified atom stereocenters. The van der Waals surface area contributed by atoms with Crippen LogP contribution >= 0.6 is 11.6 Å². The number of carbonyl (C=O) groups is 1. The van der Waals surface area contributed by atoms with E-state index in [2.05, 4.69) is 20.7 Å². The molecule has 0 atom stereocenters. The lowest BCUT2D eigenvalue weighted by Crippen LogP contribution is -2.31. The first-order valence-corrected chi connectivity index (χ1v) is 13.4. The Morgan fingerprint density at radius 1 is 0.974 bits per heavy atom. The van der Waals surface area contributed by atoms with Gasteiger partial charge in [0.1, 0.15) is 5.75 Å². The number of amides is 1. The Hall–Kier alpha value is -3.32. The average molecular weight is 571 g/mol. The van der Waals surface area contributed by atoms with Crippen LogP contribution < -0.4 is 20.7 Å². The molecule has 0 saturated heterocycles. The van der Waals surface area contributed by atoms with Crippen LogP contribution in [0, 0.1) is 0 Å². The van der Waals surface area contributed by atoms with Crippen LogP contribution in [-0.2, 0) is 16.2 Å². The normalized spacial score (nSPS) is 11.8. The zero-order valence-corrected chi connectivity index (χ0v) is 21.8. The fourth-order valence-corrected chi connectivity index (χ4v) is 4.69. The summed E-state index contributed by atoms with van der Waals surface area (Å²) >= 11 is 6.05. The number of phenols is 1. The van der Waals surface area contributed by atoms with Crippen LogP contribution in [0.3, 0.4) is 0 Å². The van der Waals surface area contributed by atoms with E-state index in [1.807, 2.05) is 0 Å². The molecule has 204 valence electrons. The first kappa shape index (κ1) is 29.2. The molecule has 3 rings (SSSR count). The van der Waals surface area contributed by atoms with Crippen LogP contribution in [0.1, 0.15) is 15.9 Å². The van der Waals surface area contributed by atoms with E-state index in [4.69, 9.17) is 11.6 Å². The highest BCUT2D eigenvalue weighted by molar-refractivity contribution is 7.92. The van der Waals surface area contributed by atoms with Gasteiger partial charge in [-0.1, -0.05) is 29.8 Å². The molecule has 3 aromatic rings. The Balaban J connectivity index is 1.67. The van der Waals surface area contributed by atoms with E-state index in [1.165, 1.54) is 36.4 Å². The minimum Gasteiger partial charge on any atom is -0.506 e. The molecule has 0 aliphatic rings. The van der Waals surface area contributed by atoms with Gasteiger partial charge in [0.2, 0.25) is 10.0 Å². The third-order valence-electron chi connectivity index (χ3n) is 5.37. The Labute approximate surface area is 223 Å². The lowest BCUT2D eigenvalue weighted by atomic mass is 10.0. The van der Waals surface area contributed by atoms with E-state index in [9.17, 15) is 31.5 Å². The number of likely N-dealkylation sites (N-methyl/N-ethyl adjacent to an activating group) is 1. The molecule has 8 nitrogen and oxygen atoms in total. The van der Waals surface area contributed by atoms with Crippen molar-refractivity contribution >= 4 is 38.9 Å². The van der Waals surface area contributed by atoms with Crippen LogP contribution in [0.25, 0.3) is 11.1 Å². The van der Waals surface area contributed by atoms with Gasteiger partial charge in [0, 0.05) is 41.5 Å². The number of nitrogens with one attached hydrogen (secondary N) is 4. The maximum absolute atomic E-state index is 12.9. The molecule has 0 aromatic heterocycles. The number of halogens is 4. The number of carbonyl (C=O) groups excluding carboxylic acids is 1. The molecule has 0 heterocycles. The second-order valence-corrected chi connectivity index (χ2v) is 10.5. The van der Waals surface area contributed by atoms with Gasteiger partial charge < -0.3 is 21.1 Å². The van der Waals surface area contributed by atoms with Crippen LogP contribution in [0.4, 0.5) is 24.5 Å². The van der Waals surface area contributed by atoms with Gasteiger partial charge in [-0.05, 0) is 55.1 Å². The third kappa shape index (κ3) is 8.09. The van der Waals surface area contributed by atoms with Crippen molar-refractivity contribution in [2.75, 3.05) is 42.5 Å². The highest BCUT2D eigenvalue weighted by atomic mass is 35.5. The van der Waals surface area contributed by atoms with Crippen molar-refractivity contribution in [2.24, 2.45) is 0 Å². The summed E-state index contributed by atoms with van der Waals surface area (Å²) in [5.74, 6) is -1.06. The van der Waals surface area contributed by atoms with Gasteiger partial charge in [-0.3, -0.25) is 9.52 Å². The number of alkyl halides is 3. The lowest BCUT2D eigenvalue weighted by Gasteiger charge is -2.13. The Morgan fingerprint density at radius 3 is 2.32 bits per heavy atom. The quantitative estimate of drug-likeness (QED) is 0.131. The SMILES string of the molecule is CNCCNCCS(=O)(=O)Nc1cc(NC(=O)c2ccc(-c3ccc(C(F)(F)F)cc3Cl)cc2)ccc1O. The molecule has 0 radical (unpaired) electrons. The first-order chi connectivity index (χ1) is 17.9. The van der Waals surface area contributed by atoms with Crippen LogP contribution in [0.2, 0.25) is 5.02 Å². The number of rotatable bonds is 11. The monoisotopic (exact) mass is 570 g/mol. The van der Waals surface area contributed by atoms with Crippen molar-refractivity contribution < 1.29 is 31.5 Å². The van der Waals surface area contributed by atoms with E-state index >= 15 is 0 Å². The molecule has 0 saturated carbocycles. The number of anilines is 2. The van der Waals surface area contributed by atoms with Crippen molar-refractivity contribution in [3.05, 3.63) is 76.8 Å². The molecule has 0 bridgehead atoms. The number of phenolic OH excluding ortho intramolecular Hbond substituents is 1. The molecular weight excluding hydrogens is 545 g/mol. The van der Waals surface area contributed by atoms with Crippen molar-refractivity contribution in [3.63, 3.8) is 0 Å². The van der Waals surface area contributed by atoms with Gasteiger partial charge in [0.15, 0.2) is 0 Å². The lowest BCUT2D eigenvalue weighted by molar-refractivity contribution is -0.137. The van der Waals surface area contributed by atoms with E-state index in [0.717, 1.165) is 12.1 Å². The van der Waals surface area contributed by atoms with Gasteiger partial charge in [-0.15, -0.1) is 0 Å². The summed E-state index contributed by atoms with van der Waals surface area (Å²) < 4.78 is 65.7. The molecule has 0 aliphatic carbocycles. The summed E-state index contributed by atoms with van der Waals surface area (Å²) in [6, 6.07) is 13.0. The Kier molecular flexibility index (Phi) is 9.60. The standard InChI is InChI=1S/C25H26ClF3N4O4S/c1-30-10-11-31-12-13-38(36,37)33-22-15-19(7-9-23(22)34)32-24(35)17-4-2-16(3-5-17)20-8-6-18(14-21(20)26)25(27,28)29/h2-9,14-15,30-31,33-34H,10-13H2,1H3,(H,32,35). The first-order valence-electron chi connectivity index (χ1n) is 11.4. The van der Waals surface area contributed by atoms with Gasteiger partial charge in [-0.25, -0.2) is 8.42 Å². The second kappa shape index (κ2) is 12.5. The predicted octanol–water partition coefficient (Wildman–Crippen LogP) is 4.53. The zero-order valence-electron chi connectivity index (χ0n) is 20.2. The molecule has 0 fully saturated rings. The molecule has 3 aromatic carbocycles. The number of hydrogen-bond donors (Lipinski definition) is 5. The van der Waals surface area contributed by atoms with E-state index in [1.54, 1.807) is 19.2 Å². The summed E-state index contributed by atoms with van der Waals surface area (Å²) in [5, 5.41) is 18.5. The molecule has 0 aliphatic heterocycles. The molecule has 13 heteroatoms. The fourth-order valence-electron chi connectivity index (χ4n) is 3.39. The van der Waals surface area contributed by atoms with E-state index in [-0.39, 0.29) is 40.0 Å². The van der Waals surface area contributed by atoms with Crippen molar-refractivity contribution in [1.29, 1.82) is 0 Å². The summed E-state index contributed by atoms with van der Waals surface area (Å²) in [4.78, 5) is 12.7. The predicted molar refractivity (Wildman–Crippen MR) is 142 cm³/mol. The van der Waals surface area contributed by atoms with Gasteiger partial charge in [-0.2, -0.15) is 13.2 Å². The molecule has 0 spiro atoms. The minimum absolute atomic E-state index is 0.0788. The average Bonchev–Trinajstić information content (AvgIpc) is 2.85. The summed E-state index contributed by atoms with van der Waals surface area (Å²) in [5.41, 5.74) is 0.401. The van der Waals surface area contributed by atoms with Crippen LogP contribution in [0.15, 0.2) is 60.7 Å². The van der Waals surface area contributed by atoms with Crippen molar-refractivity contribution in [1.82, 2.24) is 10.6 Å². The Morgan fingerprint density at radius 2 is 1.68 bits per heavy atom. The smallest absolute Gasteiger partial charge is 0.416 e. The number of benzene rings is 3.